The summed E-state index contributed by atoms with van der Waals surface area (Å²) in [5.41, 5.74) is 0.942. The average molecular weight is 306 g/mol. The Bertz CT molecular complexity index is 508. The normalized spacial score (nSPS) is 16.7. The summed E-state index contributed by atoms with van der Waals surface area (Å²) in [6.07, 6.45) is 8.28. The standard InChI is InChI=1S/C18H27FN2O/c1-20(2)17-12-11-14(13-16(17)19)18(22)21(3)15-9-7-5-4-6-8-10-15/h11-13,15H,4-10H2,1-3H3. The molecule has 1 aliphatic rings. The number of nitrogens with zero attached hydrogens (tertiary/aromatic N) is 2. The van der Waals surface area contributed by atoms with Gasteiger partial charge in [0, 0.05) is 32.7 Å². The molecule has 1 aromatic carbocycles. The van der Waals surface area contributed by atoms with Gasteiger partial charge in [-0.05, 0) is 31.0 Å². The largest absolute Gasteiger partial charge is 0.375 e. The molecule has 1 aliphatic carbocycles. The highest BCUT2D eigenvalue weighted by atomic mass is 19.1. The van der Waals surface area contributed by atoms with Crippen molar-refractivity contribution in [1.29, 1.82) is 0 Å². The summed E-state index contributed by atoms with van der Waals surface area (Å²) in [4.78, 5) is 16.1. The van der Waals surface area contributed by atoms with E-state index in [4.69, 9.17) is 0 Å². The van der Waals surface area contributed by atoms with Crippen molar-refractivity contribution in [3.8, 4) is 0 Å². The number of rotatable bonds is 3. The Balaban J connectivity index is 2.10. The first kappa shape index (κ1) is 16.8. The molecule has 0 aliphatic heterocycles. The predicted octanol–water partition coefficient (Wildman–Crippen LogP) is 4.08. The molecule has 1 fully saturated rings. The molecule has 0 unspecified atom stereocenters. The van der Waals surface area contributed by atoms with E-state index in [0.717, 1.165) is 12.8 Å². The third-order valence-corrected chi connectivity index (χ3v) is 4.62. The zero-order valence-corrected chi connectivity index (χ0v) is 13.9. The van der Waals surface area contributed by atoms with Gasteiger partial charge in [0.05, 0.1) is 5.69 Å². The summed E-state index contributed by atoms with van der Waals surface area (Å²) in [7, 11) is 5.44. The van der Waals surface area contributed by atoms with Gasteiger partial charge in [0.15, 0.2) is 0 Å². The van der Waals surface area contributed by atoms with Crippen molar-refractivity contribution in [2.24, 2.45) is 0 Å². The van der Waals surface area contributed by atoms with Crippen LogP contribution in [-0.4, -0.2) is 38.0 Å². The molecule has 22 heavy (non-hydrogen) atoms. The average Bonchev–Trinajstić information content (AvgIpc) is 2.45. The summed E-state index contributed by atoms with van der Waals surface area (Å²) in [6.45, 7) is 0. The zero-order valence-electron chi connectivity index (χ0n) is 13.9. The van der Waals surface area contributed by atoms with Crippen molar-refractivity contribution >= 4 is 11.6 Å². The van der Waals surface area contributed by atoms with Gasteiger partial charge >= 0.3 is 0 Å². The van der Waals surface area contributed by atoms with E-state index in [1.54, 1.807) is 31.1 Å². The number of anilines is 1. The summed E-state index contributed by atoms with van der Waals surface area (Å²) < 4.78 is 14.1. The van der Waals surface area contributed by atoms with Crippen LogP contribution in [0, 0.1) is 5.82 Å². The molecule has 4 heteroatoms. The van der Waals surface area contributed by atoms with Crippen LogP contribution in [0.2, 0.25) is 0 Å². The fraction of sp³-hybridized carbons (Fsp3) is 0.611. The number of hydrogen-bond donors (Lipinski definition) is 0. The lowest BCUT2D eigenvalue weighted by Crippen LogP contribution is -2.37. The van der Waals surface area contributed by atoms with Crippen LogP contribution < -0.4 is 4.90 Å². The van der Waals surface area contributed by atoms with Crippen LogP contribution in [0.1, 0.15) is 55.3 Å². The minimum absolute atomic E-state index is 0.0743. The molecular weight excluding hydrogens is 279 g/mol. The molecule has 1 amide bonds. The van der Waals surface area contributed by atoms with Gasteiger partial charge in [0.25, 0.3) is 5.91 Å². The lowest BCUT2D eigenvalue weighted by molar-refractivity contribution is 0.0706. The molecule has 1 aromatic rings. The monoisotopic (exact) mass is 306 g/mol. The first-order chi connectivity index (χ1) is 10.5. The maximum atomic E-state index is 14.1. The van der Waals surface area contributed by atoms with Crippen LogP contribution in [0.15, 0.2) is 18.2 Å². The van der Waals surface area contributed by atoms with Crippen LogP contribution in [0.5, 0.6) is 0 Å². The van der Waals surface area contributed by atoms with Gasteiger partial charge in [-0.2, -0.15) is 0 Å². The highest BCUT2D eigenvalue weighted by Gasteiger charge is 2.22. The Labute approximate surface area is 133 Å². The SMILES string of the molecule is CN(C)c1ccc(C(=O)N(C)C2CCCCCCC2)cc1F. The van der Waals surface area contributed by atoms with Gasteiger partial charge in [-0.15, -0.1) is 0 Å². The number of carbonyl (C=O) groups is 1. The van der Waals surface area contributed by atoms with Crippen molar-refractivity contribution < 1.29 is 9.18 Å². The Hall–Kier alpha value is -1.58. The predicted molar refractivity (Wildman–Crippen MR) is 88.9 cm³/mol. The molecule has 1 saturated carbocycles. The third kappa shape index (κ3) is 3.99. The van der Waals surface area contributed by atoms with Gasteiger partial charge in [0.2, 0.25) is 0 Å². The molecule has 0 N–H and O–H groups in total. The summed E-state index contributed by atoms with van der Waals surface area (Å²) in [6, 6.07) is 5.04. The fourth-order valence-corrected chi connectivity index (χ4v) is 3.19. The molecule has 3 nitrogen and oxygen atoms in total. The molecule has 0 aromatic heterocycles. The van der Waals surface area contributed by atoms with E-state index >= 15 is 0 Å². The second kappa shape index (κ2) is 7.61. The van der Waals surface area contributed by atoms with Crippen molar-refractivity contribution in [1.82, 2.24) is 4.90 Å². The number of hydrogen-bond acceptors (Lipinski definition) is 2. The maximum absolute atomic E-state index is 14.1. The molecular formula is C18H27FN2O. The minimum Gasteiger partial charge on any atom is -0.375 e. The van der Waals surface area contributed by atoms with Gasteiger partial charge < -0.3 is 9.80 Å². The molecule has 0 radical (unpaired) electrons. The van der Waals surface area contributed by atoms with Crippen LogP contribution >= 0.6 is 0 Å². The Morgan fingerprint density at radius 1 is 1.05 bits per heavy atom. The topological polar surface area (TPSA) is 23.6 Å². The molecule has 0 heterocycles. The van der Waals surface area contributed by atoms with E-state index in [9.17, 15) is 9.18 Å². The van der Waals surface area contributed by atoms with Crippen molar-refractivity contribution in [2.45, 2.75) is 51.0 Å². The van der Waals surface area contributed by atoms with Crippen LogP contribution in [0.3, 0.4) is 0 Å². The highest BCUT2D eigenvalue weighted by molar-refractivity contribution is 5.94. The van der Waals surface area contributed by atoms with E-state index in [1.807, 2.05) is 11.9 Å². The molecule has 122 valence electrons. The second-order valence-corrected chi connectivity index (χ2v) is 6.48. The first-order valence-corrected chi connectivity index (χ1v) is 8.24. The summed E-state index contributed by atoms with van der Waals surface area (Å²) in [5.74, 6) is -0.420. The first-order valence-electron chi connectivity index (χ1n) is 8.24. The van der Waals surface area contributed by atoms with E-state index in [2.05, 4.69) is 0 Å². The second-order valence-electron chi connectivity index (χ2n) is 6.48. The maximum Gasteiger partial charge on any atom is 0.253 e. The van der Waals surface area contributed by atoms with Crippen molar-refractivity contribution in [2.75, 3.05) is 26.0 Å². The highest BCUT2D eigenvalue weighted by Crippen LogP contribution is 2.23. The van der Waals surface area contributed by atoms with Gasteiger partial charge in [-0.1, -0.05) is 32.1 Å². The lowest BCUT2D eigenvalue weighted by atomic mass is 9.95. The van der Waals surface area contributed by atoms with Crippen LogP contribution in [0.4, 0.5) is 10.1 Å². The molecule has 0 atom stereocenters. The fourth-order valence-electron chi connectivity index (χ4n) is 3.19. The lowest BCUT2D eigenvalue weighted by Gasteiger charge is -2.30. The Kier molecular flexibility index (Phi) is 5.81. The Morgan fingerprint density at radius 2 is 1.64 bits per heavy atom. The number of amides is 1. The van der Waals surface area contributed by atoms with Crippen molar-refractivity contribution in [3.05, 3.63) is 29.6 Å². The summed E-state index contributed by atoms with van der Waals surface area (Å²) >= 11 is 0. The minimum atomic E-state index is -0.345. The smallest absolute Gasteiger partial charge is 0.253 e. The molecule has 0 bridgehead atoms. The molecule has 0 saturated heterocycles. The van der Waals surface area contributed by atoms with Gasteiger partial charge in [-0.25, -0.2) is 4.39 Å². The Morgan fingerprint density at radius 3 is 2.18 bits per heavy atom. The van der Waals surface area contributed by atoms with Gasteiger partial charge in [-0.3, -0.25) is 4.79 Å². The van der Waals surface area contributed by atoms with Crippen molar-refractivity contribution in [3.63, 3.8) is 0 Å². The zero-order chi connectivity index (χ0) is 16.1. The van der Waals surface area contributed by atoms with Crippen LogP contribution in [-0.2, 0) is 0 Å². The quantitative estimate of drug-likeness (QED) is 0.840. The van der Waals surface area contributed by atoms with E-state index in [1.165, 1.54) is 38.2 Å². The molecule has 0 spiro atoms. The van der Waals surface area contributed by atoms with E-state index in [0.29, 0.717) is 11.3 Å². The number of halogens is 1. The van der Waals surface area contributed by atoms with Crippen LogP contribution in [0.25, 0.3) is 0 Å². The number of benzene rings is 1. The third-order valence-electron chi connectivity index (χ3n) is 4.62. The number of carbonyl (C=O) groups excluding carboxylic acids is 1. The van der Waals surface area contributed by atoms with E-state index in [-0.39, 0.29) is 17.8 Å². The molecule has 2 rings (SSSR count). The summed E-state index contributed by atoms with van der Waals surface area (Å²) in [5, 5.41) is 0. The van der Waals surface area contributed by atoms with E-state index < -0.39 is 0 Å². The van der Waals surface area contributed by atoms with Gasteiger partial charge in [0.1, 0.15) is 5.82 Å².